The number of nitrogens with one attached hydrogen (secondary N) is 1. The van der Waals surface area contributed by atoms with Crippen molar-refractivity contribution >= 4 is 34.2 Å². The zero-order valence-electron chi connectivity index (χ0n) is 35.5. The number of rotatable bonds is 14. The number of ketones is 2. The number of halogens is 2. The van der Waals surface area contributed by atoms with Crippen molar-refractivity contribution < 1.29 is 27.6 Å². The highest BCUT2D eigenvalue weighted by Gasteiger charge is 2.33. The fourth-order valence-electron chi connectivity index (χ4n) is 10.0. The second-order valence-electron chi connectivity index (χ2n) is 18.1. The smallest absolute Gasteiger partial charge is 0.329 e. The van der Waals surface area contributed by atoms with Crippen molar-refractivity contribution in [3.05, 3.63) is 82.1 Å². The number of hydrogen-bond donors (Lipinski definition) is 1. The summed E-state index contributed by atoms with van der Waals surface area (Å²) in [7, 11) is 3.96. The Kier molecular flexibility index (Phi) is 12.0. The molecule has 1 saturated heterocycles. The van der Waals surface area contributed by atoms with Crippen molar-refractivity contribution in [2.45, 2.75) is 115 Å². The summed E-state index contributed by atoms with van der Waals surface area (Å²) in [5.41, 5.74) is 3.56. The van der Waals surface area contributed by atoms with E-state index >= 15 is 0 Å². The minimum absolute atomic E-state index is 0.00791. The SMILES string of the molecule is CN(CC1CCC(n2cc(NC(=O)c3coc(-c4ccnc(CCC5CC5)c4)n3)c(C(F)F)n2)CC1)C1CCN(Cc2cccc3c2n(C)c(=O)n3C2CCC(=O)CC2=O)CC1. The fourth-order valence-corrected chi connectivity index (χ4v) is 10.0. The number of nitrogens with zero attached hydrogens (tertiary/aromatic N) is 8. The van der Waals surface area contributed by atoms with E-state index in [0.29, 0.717) is 36.9 Å². The second kappa shape index (κ2) is 17.8. The highest BCUT2D eigenvalue weighted by Crippen LogP contribution is 2.37. The molecule has 9 rings (SSSR count). The van der Waals surface area contributed by atoms with Gasteiger partial charge in [0.25, 0.3) is 12.3 Å². The maximum absolute atomic E-state index is 14.2. The average Bonchev–Trinajstić information content (AvgIpc) is 3.67. The summed E-state index contributed by atoms with van der Waals surface area (Å²) in [6.07, 6.45) is 12.2. The number of anilines is 1. The molecule has 0 bridgehead atoms. The van der Waals surface area contributed by atoms with Crippen LogP contribution in [0.5, 0.6) is 0 Å². The van der Waals surface area contributed by atoms with Crippen molar-refractivity contribution in [2.75, 3.05) is 32.0 Å². The molecule has 1 aliphatic heterocycles. The van der Waals surface area contributed by atoms with Crippen molar-refractivity contribution in [2.24, 2.45) is 18.9 Å². The van der Waals surface area contributed by atoms with Gasteiger partial charge in [-0.1, -0.05) is 25.0 Å². The summed E-state index contributed by atoms with van der Waals surface area (Å²) < 4.78 is 38.9. The lowest BCUT2D eigenvalue weighted by Gasteiger charge is -2.39. The maximum Gasteiger partial charge on any atom is 0.329 e. The fraction of sp³-hybridized carbons (Fsp3) is 0.543. The van der Waals surface area contributed by atoms with Crippen LogP contribution in [0.15, 0.2) is 58.2 Å². The molecule has 4 aliphatic rings. The van der Waals surface area contributed by atoms with Crippen LogP contribution < -0.4 is 11.0 Å². The van der Waals surface area contributed by atoms with Gasteiger partial charge in [0, 0.05) is 56.3 Å². The third-order valence-corrected chi connectivity index (χ3v) is 13.8. The highest BCUT2D eigenvalue weighted by molar-refractivity contribution is 6.04. The number of Topliss-reactive ketones (excluding diaryl/α,β-unsaturated/α-hetero) is 2. The van der Waals surface area contributed by atoms with Gasteiger partial charge in [0.15, 0.2) is 17.2 Å². The Labute approximate surface area is 358 Å². The molecule has 3 aliphatic carbocycles. The van der Waals surface area contributed by atoms with E-state index in [4.69, 9.17) is 4.42 Å². The third-order valence-electron chi connectivity index (χ3n) is 13.8. The first-order chi connectivity index (χ1) is 30.0. The van der Waals surface area contributed by atoms with Gasteiger partial charge in [-0.15, -0.1) is 0 Å². The van der Waals surface area contributed by atoms with Gasteiger partial charge in [0.05, 0.1) is 35.2 Å². The number of pyridine rings is 1. The van der Waals surface area contributed by atoms with Crippen LogP contribution in [0.4, 0.5) is 14.5 Å². The Morgan fingerprint density at radius 2 is 1.77 bits per heavy atom. The number of likely N-dealkylation sites (tertiary alicyclic amines) is 1. The van der Waals surface area contributed by atoms with E-state index in [9.17, 15) is 28.0 Å². The number of amides is 1. The summed E-state index contributed by atoms with van der Waals surface area (Å²) in [6, 6.07) is 9.39. The van der Waals surface area contributed by atoms with Crippen molar-refractivity contribution in [3.8, 4) is 11.5 Å². The molecule has 3 saturated carbocycles. The first-order valence-corrected chi connectivity index (χ1v) is 22.2. The van der Waals surface area contributed by atoms with Gasteiger partial charge in [-0.25, -0.2) is 18.6 Å². The predicted molar refractivity (Wildman–Crippen MR) is 228 cm³/mol. The number of fused-ring (bicyclic) bond motifs is 1. The van der Waals surface area contributed by atoms with E-state index in [2.05, 4.69) is 43.3 Å². The lowest BCUT2D eigenvalue weighted by Crippen LogP contribution is -2.44. The molecule has 1 N–H and O–H groups in total. The minimum Gasteiger partial charge on any atom is -0.444 e. The van der Waals surface area contributed by atoms with E-state index in [1.807, 2.05) is 18.2 Å². The maximum atomic E-state index is 14.2. The number of carbonyl (C=O) groups is 3. The summed E-state index contributed by atoms with van der Waals surface area (Å²) in [5.74, 6) is 0.636. The molecule has 0 radical (unpaired) electrons. The number of aromatic nitrogens is 6. The zero-order valence-corrected chi connectivity index (χ0v) is 35.5. The van der Waals surface area contributed by atoms with Gasteiger partial charge in [-0.05, 0) is 114 Å². The molecule has 1 aromatic carbocycles. The number of benzene rings is 1. The molecule has 62 heavy (non-hydrogen) atoms. The molecular weight excluding hydrogens is 797 g/mol. The molecule has 4 aromatic heterocycles. The average molecular weight is 852 g/mol. The number of carbonyl (C=O) groups excluding carboxylic acids is 3. The topological polar surface area (TPSA) is 153 Å². The second-order valence-corrected chi connectivity index (χ2v) is 18.1. The molecule has 1 amide bonds. The van der Waals surface area contributed by atoms with Crippen LogP contribution in [0.3, 0.4) is 0 Å². The zero-order chi connectivity index (χ0) is 43.1. The van der Waals surface area contributed by atoms with E-state index in [1.165, 1.54) is 25.3 Å². The quantitative estimate of drug-likeness (QED) is 0.113. The van der Waals surface area contributed by atoms with Crippen LogP contribution in [0.2, 0.25) is 0 Å². The summed E-state index contributed by atoms with van der Waals surface area (Å²) >= 11 is 0. The normalized spacial score (nSPS) is 21.7. The van der Waals surface area contributed by atoms with E-state index in [0.717, 1.165) is 99.2 Å². The first-order valence-electron chi connectivity index (χ1n) is 22.2. The van der Waals surface area contributed by atoms with Crippen molar-refractivity contribution in [1.82, 2.24) is 38.7 Å². The van der Waals surface area contributed by atoms with Gasteiger partial charge < -0.3 is 14.6 Å². The van der Waals surface area contributed by atoms with Gasteiger partial charge in [-0.3, -0.25) is 38.1 Å². The Morgan fingerprint density at radius 3 is 2.52 bits per heavy atom. The largest absolute Gasteiger partial charge is 0.444 e. The Morgan fingerprint density at radius 1 is 1.00 bits per heavy atom. The van der Waals surface area contributed by atoms with E-state index in [-0.39, 0.29) is 47.0 Å². The number of hydrogen-bond acceptors (Lipinski definition) is 10. The highest BCUT2D eigenvalue weighted by atomic mass is 19.3. The van der Waals surface area contributed by atoms with Crippen molar-refractivity contribution in [3.63, 3.8) is 0 Å². The Balaban J connectivity index is 0.760. The number of aryl methyl sites for hydroxylation is 2. The molecule has 5 aromatic rings. The van der Waals surface area contributed by atoms with Crippen LogP contribution in [-0.4, -0.2) is 88.9 Å². The molecule has 5 heterocycles. The number of para-hydroxylation sites is 1. The monoisotopic (exact) mass is 851 g/mol. The van der Waals surface area contributed by atoms with E-state index in [1.54, 1.807) is 33.1 Å². The molecule has 1 atom stereocenters. The third kappa shape index (κ3) is 8.94. The molecule has 328 valence electrons. The molecular formula is C46H55F2N9O5. The van der Waals surface area contributed by atoms with Gasteiger partial charge in [0.1, 0.15) is 12.0 Å². The molecule has 4 fully saturated rings. The van der Waals surface area contributed by atoms with Crippen LogP contribution in [0, 0.1) is 11.8 Å². The number of oxazole rings is 1. The Hall–Kier alpha value is -5.35. The van der Waals surface area contributed by atoms with E-state index < -0.39 is 24.1 Å². The lowest BCUT2D eigenvalue weighted by atomic mass is 9.85. The molecule has 14 nitrogen and oxygen atoms in total. The number of imidazole rings is 1. The van der Waals surface area contributed by atoms with Crippen LogP contribution in [0.1, 0.15) is 123 Å². The number of alkyl halides is 2. The minimum atomic E-state index is -2.86. The molecule has 16 heteroatoms. The standard InChI is InChI=1S/C46H55F2N9O5/c1-53(33-17-20-55(21-18-33)25-31-4-3-5-39-42(31)54(2)46(61)57(39)38-15-14-35(58)23-40(38)59)24-29-9-12-34(13-10-29)56-26-36(41(52-56)43(47)48)50-44(60)37-27-62-45(51-37)30-16-19-49-32(22-30)11-8-28-6-7-28/h3-5,16,19,22,26-29,33-34,38,43H,6-15,17-18,20-21,23-25H2,1-2H3,(H,50,60). The Bertz CT molecular complexity index is 2500. The first kappa shape index (κ1) is 42.0. The van der Waals surface area contributed by atoms with Crippen LogP contribution >= 0.6 is 0 Å². The van der Waals surface area contributed by atoms with Gasteiger partial charge in [0.2, 0.25) is 5.89 Å². The summed E-state index contributed by atoms with van der Waals surface area (Å²) in [6.45, 7) is 3.50. The predicted octanol–water partition coefficient (Wildman–Crippen LogP) is 7.31. The van der Waals surface area contributed by atoms with Gasteiger partial charge >= 0.3 is 5.69 Å². The van der Waals surface area contributed by atoms with Gasteiger partial charge in [-0.2, -0.15) is 5.10 Å². The van der Waals surface area contributed by atoms with Crippen molar-refractivity contribution in [1.29, 1.82) is 0 Å². The summed E-state index contributed by atoms with van der Waals surface area (Å²) in [4.78, 5) is 65.1. The van der Waals surface area contributed by atoms with Crippen LogP contribution in [-0.2, 0) is 29.6 Å². The summed E-state index contributed by atoms with van der Waals surface area (Å²) in [5, 5.41) is 6.89. The molecule has 1 unspecified atom stereocenters. The lowest BCUT2D eigenvalue weighted by molar-refractivity contribution is -0.132. The van der Waals surface area contributed by atoms with Crippen LogP contribution in [0.25, 0.3) is 22.5 Å². The number of piperidine rings is 1. The molecule has 0 spiro atoms.